The molecule has 0 fully saturated rings. The Bertz CT molecular complexity index is 840. The van der Waals surface area contributed by atoms with Gasteiger partial charge < -0.3 is 15.4 Å². The van der Waals surface area contributed by atoms with Gasteiger partial charge in [-0.2, -0.15) is 0 Å². The van der Waals surface area contributed by atoms with E-state index in [2.05, 4.69) is 10.6 Å². The van der Waals surface area contributed by atoms with E-state index in [1.807, 2.05) is 66.7 Å². The molecule has 0 saturated carbocycles. The van der Waals surface area contributed by atoms with Crippen LogP contribution in [0.3, 0.4) is 0 Å². The Morgan fingerprint density at radius 3 is 2.58 bits per heavy atom. The van der Waals surface area contributed by atoms with Gasteiger partial charge >= 0.3 is 6.03 Å². The molecule has 3 aromatic rings. The van der Waals surface area contributed by atoms with Crippen molar-refractivity contribution in [3.05, 3.63) is 72.3 Å². The average Bonchev–Trinajstić information content (AvgIpc) is 2.62. The molecule has 0 aromatic heterocycles. The van der Waals surface area contributed by atoms with Crippen LogP contribution >= 0.6 is 0 Å². The maximum Gasteiger partial charge on any atom is 0.319 e. The van der Waals surface area contributed by atoms with Crippen LogP contribution in [-0.4, -0.2) is 19.7 Å². The fraction of sp³-hybridized carbons (Fsp3) is 0.150. The topological polar surface area (TPSA) is 50.4 Å². The summed E-state index contributed by atoms with van der Waals surface area (Å²) in [5.41, 5.74) is 1.88. The first-order valence-corrected chi connectivity index (χ1v) is 7.92. The van der Waals surface area contributed by atoms with E-state index in [0.29, 0.717) is 13.0 Å². The Balaban J connectivity index is 1.59. The maximum absolute atomic E-state index is 12.1. The van der Waals surface area contributed by atoms with E-state index in [9.17, 15) is 4.79 Å². The normalized spacial score (nSPS) is 10.4. The number of ether oxygens (including phenoxy) is 1. The summed E-state index contributed by atoms with van der Waals surface area (Å²) in [6.07, 6.45) is 0.715. The van der Waals surface area contributed by atoms with Crippen LogP contribution in [0.25, 0.3) is 10.8 Å². The molecule has 0 spiro atoms. The van der Waals surface area contributed by atoms with Crippen molar-refractivity contribution >= 4 is 22.5 Å². The molecule has 4 nitrogen and oxygen atoms in total. The van der Waals surface area contributed by atoms with Crippen molar-refractivity contribution in [3.8, 4) is 5.75 Å². The molecule has 2 N–H and O–H groups in total. The molecule has 0 bridgehead atoms. The number of carbonyl (C=O) groups excluding carboxylic acids is 1. The number of benzene rings is 3. The Kier molecular flexibility index (Phi) is 4.96. The predicted molar refractivity (Wildman–Crippen MR) is 97.7 cm³/mol. The number of anilines is 1. The van der Waals surface area contributed by atoms with Gasteiger partial charge in [-0.1, -0.05) is 54.6 Å². The van der Waals surface area contributed by atoms with Gasteiger partial charge in [-0.15, -0.1) is 0 Å². The molecule has 2 amide bonds. The molecule has 0 aliphatic carbocycles. The zero-order valence-electron chi connectivity index (χ0n) is 13.6. The van der Waals surface area contributed by atoms with Gasteiger partial charge in [-0.25, -0.2) is 4.79 Å². The fourth-order valence-electron chi connectivity index (χ4n) is 2.72. The van der Waals surface area contributed by atoms with Crippen LogP contribution in [0.4, 0.5) is 10.5 Å². The van der Waals surface area contributed by atoms with Crippen molar-refractivity contribution in [2.45, 2.75) is 6.42 Å². The summed E-state index contributed by atoms with van der Waals surface area (Å²) >= 11 is 0. The minimum atomic E-state index is -0.207. The lowest BCUT2D eigenvalue weighted by Gasteiger charge is -2.11. The molecular weight excluding hydrogens is 300 g/mol. The second-order valence-corrected chi connectivity index (χ2v) is 5.47. The second kappa shape index (κ2) is 7.51. The first-order chi connectivity index (χ1) is 11.8. The number of hydrogen-bond acceptors (Lipinski definition) is 2. The van der Waals surface area contributed by atoms with Crippen molar-refractivity contribution in [1.29, 1.82) is 0 Å². The molecule has 4 heteroatoms. The van der Waals surface area contributed by atoms with Crippen LogP contribution in [0, 0.1) is 0 Å². The molecule has 0 aliphatic rings. The van der Waals surface area contributed by atoms with Gasteiger partial charge in [0.25, 0.3) is 0 Å². The lowest BCUT2D eigenvalue weighted by atomic mass is 10.1. The van der Waals surface area contributed by atoms with Crippen molar-refractivity contribution in [2.24, 2.45) is 0 Å². The number of rotatable bonds is 5. The molecule has 0 aliphatic heterocycles. The predicted octanol–water partition coefficient (Wildman–Crippen LogP) is 4.21. The van der Waals surface area contributed by atoms with E-state index >= 15 is 0 Å². The van der Waals surface area contributed by atoms with Gasteiger partial charge in [0.1, 0.15) is 5.75 Å². The van der Waals surface area contributed by atoms with Gasteiger partial charge in [-0.3, -0.25) is 0 Å². The third-order valence-corrected chi connectivity index (χ3v) is 3.91. The van der Waals surface area contributed by atoms with Gasteiger partial charge in [0.15, 0.2) is 0 Å². The quantitative estimate of drug-likeness (QED) is 0.740. The SMILES string of the molecule is COc1ccccc1CCNC(=O)Nc1cccc2ccccc12. The highest BCUT2D eigenvalue weighted by Gasteiger charge is 2.06. The van der Waals surface area contributed by atoms with Crippen LogP contribution in [0.5, 0.6) is 5.75 Å². The fourth-order valence-corrected chi connectivity index (χ4v) is 2.72. The van der Waals surface area contributed by atoms with Gasteiger partial charge in [0.05, 0.1) is 12.8 Å². The summed E-state index contributed by atoms with van der Waals surface area (Å²) < 4.78 is 5.32. The zero-order valence-corrected chi connectivity index (χ0v) is 13.6. The number of hydrogen-bond donors (Lipinski definition) is 2. The van der Waals surface area contributed by atoms with Gasteiger partial charge in [0.2, 0.25) is 0 Å². The Labute approximate surface area is 141 Å². The molecule has 24 heavy (non-hydrogen) atoms. The van der Waals surface area contributed by atoms with E-state index in [-0.39, 0.29) is 6.03 Å². The summed E-state index contributed by atoms with van der Waals surface area (Å²) in [6.45, 7) is 0.539. The Morgan fingerprint density at radius 1 is 0.958 bits per heavy atom. The van der Waals surface area contributed by atoms with E-state index in [1.165, 1.54) is 0 Å². The number of urea groups is 1. The monoisotopic (exact) mass is 320 g/mol. The summed E-state index contributed by atoms with van der Waals surface area (Å²) in [7, 11) is 1.65. The third-order valence-electron chi connectivity index (χ3n) is 3.91. The molecule has 0 unspecified atom stereocenters. The highest BCUT2D eigenvalue weighted by molar-refractivity contribution is 6.01. The zero-order chi connectivity index (χ0) is 16.8. The third kappa shape index (κ3) is 3.66. The van der Waals surface area contributed by atoms with Crippen LogP contribution in [0.15, 0.2) is 66.7 Å². The molecule has 3 rings (SSSR count). The number of amides is 2. The first-order valence-electron chi connectivity index (χ1n) is 7.92. The molecule has 0 heterocycles. The Hall–Kier alpha value is -3.01. The average molecular weight is 320 g/mol. The number of methoxy groups -OCH3 is 1. The van der Waals surface area contributed by atoms with Crippen molar-refractivity contribution in [2.75, 3.05) is 19.0 Å². The summed E-state index contributed by atoms with van der Waals surface area (Å²) in [5.74, 6) is 0.841. The summed E-state index contributed by atoms with van der Waals surface area (Å²) in [6, 6.07) is 21.5. The maximum atomic E-state index is 12.1. The van der Waals surface area contributed by atoms with Crippen LogP contribution < -0.4 is 15.4 Å². The molecule has 0 atom stereocenters. The van der Waals surface area contributed by atoms with Crippen molar-refractivity contribution < 1.29 is 9.53 Å². The summed E-state index contributed by atoms with van der Waals surface area (Å²) in [4.78, 5) is 12.1. The standard InChI is InChI=1S/C20H20N2O2/c1-24-19-12-5-3-8-16(19)13-14-21-20(23)22-18-11-6-9-15-7-2-4-10-17(15)18/h2-12H,13-14H2,1H3,(H2,21,22,23). The number of nitrogens with one attached hydrogen (secondary N) is 2. The molecule has 0 saturated heterocycles. The Morgan fingerprint density at radius 2 is 1.71 bits per heavy atom. The number of carbonyl (C=O) groups is 1. The number of fused-ring (bicyclic) bond motifs is 1. The van der Waals surface area contributed by atoms with Crippen LogP contribution in [0.1, 0.15) is 5.56 Å². The lowest BCUT2D eigenvalue weighted by Crippen LogP contribution is -2.30. The number of para-hydroxylation sites is 1. The molecule has 0 radical (unpaired) electrons. The highest BCUT2D eigenvalue weighted by Crippen LogP contribution is 2.22. The van der Waals surface area contributed by atoms with Gasteiger partial charge in [-0.05, 0) is 29.5 Å². The van der Waals surface area contributed by atoms with Crippen LogP contribution in [0.2, 0.25) is 0 Å². The largest absolute Gasteiger partial charge is 0.496 e. The van der Waals surface area contributed by atoms with E-state index < -0.39 is 0 Å². The molecular formula is C20H20N2O2. The molecule has 3 aromatic carbocycles. The molecule has 122 valence electrons. The minimum absolute atomic E-state index is 0.207. The van der Waals surface area contributed by atoms with Gasteiger partial charge in [0, 0.05) is 11.9 Å². The first kappa shape index (κ1) is 15.9. The van der Waals surface area contributed by atoms with Crippen LogP contribution in [-0.2, 0) is 6.42 Å². The second-order valence-electron chi connectivity index (χ2n) is 5.47. The lowest BCUT2D eigenvalue weighted by molar-refractivity contribution is 0.252. The van der Waals surface area contributed by atoms with E-state index in [0.717, 1.165) is 27.8 Å². The van der Waals surface area contributed by atoms with Crippen molar-refractivity contribution in [1.82, 2.24) is 5.32 Å². The highest BCUT2D eigenvalue weighted by atomic mass is 16.5. The smallest absolute Gasteiger partial charge is 0.319 e. The van der Waals surface area contributed by atoms with Crippen molar-refractivity contribution in [3.63, 3.8) is 0 Å². The minimum Gasteiger partial charge on any atom is -0.496 e. The summed E-state index contributed by atoms with van der Waals surface area (Å²) in [5, 5.41) is 7.94. The van der Waals surface area contributed by atoms with E-state index in [4.69, 9.17) is 4.74 Å². The van der Waals surface area contributed by atoms with E-state index in [1.54, 1.807) is 7.11 Å².